The lowest BCUT2D eigenvalue weighted by atomic mass is 10.2. The van der Waals surface area contributed by atoms with E-state index >= 15 is 0 Å². The maximum Gasteiger partial charge on any atom is 0.163 e. The van der Waals surface area contributed by atoms with Gasteiger partial charge in [0.2, 0.25) is 0 Å². The Morgan fingerprint density at radius 3 is 2.94 bits per heavy atom. The largest absolute Gasteiger partial charge is 0.368 e. The average Bonchev–Trinajstić information content (AvgIpc) is 2.84. The van der Waals surface area contributed by atoms with Gasteiger partial charge in [-0.15, -0.1) is 0 Å². The van der Waals surface area contributed by atoms with Crippen LogP contribution in [-0.2, 0) is 15.9 Å². The van der Waals surface area contributed by atoms with Crippen molar-refractivity contribution in [3.63, 3.8) is 0 Å². The highest BCUT2D eigenvalue weighted by atomic mass is 16.7. The highest BCUT2D eigenvalue weighted by Crippen LogP contribution is 2.30. The van der Waals surface area contributed by atoms with Crippen molar-refractivity contribution < 1.29 is 9.47 Å². The van der Waals surface area contributed by atoms with Crippen LogP contribution in [0.15, 0.2) is 24.3 Å². The van der Waals surface area contributed by atoms with Gasteiger partial charge in [0, 0.05) is 18.8 Å². The lowest BCUT2D eigenvalue weighted by Crippen LogP contribution is -2.33. The summed E-state index contributed by atoms with van der Waals surface area (Å²) in [4.78, 5) is 2.41. The Bertz CT molecular complexity index is 416. The normalized spacial score (nSPS) is 26.2. The molecular formula is C14H19NO2. The standard InChI is InChI=1S/C14H19NO2/c1-14(2)16-10-12(17-14)9-15-8-7-11-5-3-4-6-13(11)15/h3-6,12H,7-10H2,1-2H3. The minimum Gasteiger partial charge on any atom is -0.368 e. The summed E-state index contributed by atoms with van der Waals surface area (Å²) in [5.41, 5.74) is 2.81. The van der Waals surface area contributed by atoms with E-state index in [2.05, 4.69) is 29.2 Å². The van der Waals surface area contributed by atoms with E-state index in [0.717, 1.165) is 19.5 Å². The molecule has 3 nitrogen and oxygen atoms in total. The lowest BCUT2D eigenvalue weighted by Gasteiger charge is -2.23. The molecule has 1 aromatic rings. The summed E-state index contributed by atoms with van der Waals surface area (Å²) in [7, 11) is 0. The molecule has 2 aliphatic rings. The maximum atomic E-state index is 5.86. The number of rotatable bonds is 2. The smallest absolute Gasteiger partial charge is 0.163 e. The molecule has 2 heterocycles. The molecule has 0 amide bonds. The summed E-state index contributed by atoms with van der Waals surface area (Å²) in [5.74, 6) is -0.413. The van der Waals surface area contributed by atoms with Crippen molar-refractivity contribution in [3.05, 3.63) is 29.8 Å². The third kappa shape index (κ3) is 2.17. The zero-order valence-electron chi connectivity index (χ0n) is 10.5. The Kier molecular flexibility index (Phi) is 2.60. The third-order valence-electron chi connectivity index (χ3n) is 3.47. The molecular weight excluding hydrogens is 214 g/mol. The summed E-state index contributed by atoms with van der Waals surface area (Å²) in [5, 5.41) is 0. The van der Waals surface area contributed by atoms with E-state index in [1.165, 1.54) is 11.3 Å². The Morgan fingerprint density at radius 1 is 1.35 bits per heavy atom. The average molecular weight is 233 g/mol. The molecule has 0 bridgehead atoms. The van der Waals surface area contributed by atoms with Crippen molar-refractivity contribution in [2.24, 2.45) is 0 Å². The predicted octanol–water partition coefficient (Wildman–Crippen LogP) is 2.20. The van der Waals surface area contributed by atoms with Gasteiger partial charge in [0.1, 0.15) is 6.10 Å². The van der Waals surface area contributed by atoms with Crippen LogP contribution in [0.2, 0.25) is 0 Å². The Hall–Kier alpha value is -1.06. The summed E-state index contributed by atoms with van der Waals surface area (Å²) >= 11 is 0. The summed E-state index contributed by atoms with van der Waals surface area (Å²) in [6.07, 6.45) is 1.34. The van der Waals surface area contributed by atoms with Crippen LogP contribution in [0, 0.1) is 0 Å². The number of nitrogens with zero attached hydrogens (tertiary/aromatic N) is 1. The molecule has 3 heteroatoms. The van der Waals surface area contributed by atoms with Crippen molar-refractivity contribution in [2.45, 2.75) is 32.2 Å². The van der Waals surface area contributed by atoms with Crippen LogP contribution >= 0.6 is 0 Å². The summed E-state index contributed by atoms with van der Waals surface area (Å²) < 4.78 is 11.5. The van der Waals surface area contributed by atoms with E-state index in [4.69, 9.17) is 9.47 Å². The fraction of sp³-hybridized carbons (Fsp3) is 0.571. The van der Waals surface area contributed by atoms with Crippen molar-refractivity contribution in [1.82, 2.24) is 0 Å². The lowest BCUT2D eigenvalue weighted by molar-refractivity contribution is -0.137. The van der Waals surface area contributed by atoms with Crippen molar-refractivity contribution in [1.29, 1.82) is 0 Å². The first-order valence-corrected chi connectivity index (χ1v) is 6.29. The van der Waals surface area contributed by atoms with Crippen molar-refractivity contribution in [2.75, 3.05) is 24.6 Å². The molecule has 0 spiro atoms. The molecule has 0 aliphatic carbocycles. The van der Waals surface area contributed by atoms with E-state index in [9.17, 15) is 0 Å². The zero-order chi connectivity index (χ0) is 11.9. The van der Waals surface area contributed by atoms with Gasteiger partial charge >= 0.3 is 0 Å². The zero-order valence-corrected chi connectivity index (χ0v) is 10.5. The molecule has 1 unspecified atom stereocenters. The first kappa shape index (κ1) is 11.1. The first-order chi connectivity index (χ1) is 8.14. The fourth-order valence-electron chi connectivity index (χ4n) is 2.70. The molecule has 1 saturated heterocycles. The van der Waals surface area contributed by atoms with Gasteiger partial charge in [0.05, 0.1) is 6.61 Å². The minimum atomic E-state index is -0.413. The second-order valence-corrected chi connectivity index (χ2v) is 5.28. The Morgan fingerprint density at radius 2 is 2.18 bits per heavy atom. The molecule has 17 heavy (non-hydrogen) atoms. The molecule has 1 fully saturated rings. The second-order valence-electron chi connectivity index (χ2n) is 5.28. The van der Waals surface area contributed by atoms with Crippen LogP contribution < -0.4 is 4.90 Å². The van der Waals surface area contributed by atoms with Gasteiger partial charge in [-0.3, -0.25) is 0 Å². The van der Waals surface area contributed by atoms with E-state index in [1.807, 2.05) is 13.8 Å². The Labute approximate surface area is 102 Å². The van der Waals surface area contributed by atoms with Gasteiger partial charge in [0.25, 0.3) is 0 Å². The molecule has 0 N–H and O–H groups in total. The van der Waals surface area contributed by atoms with Crippen molar-refractivity contribution in [3.8, 4) is 0 Å². The minimum absolute atomic E-state index is 0.191. The van der Waals surface area contributed by atoms with Crippen LogP contribution in [0.4, 0.5) is 5.69 Å². The van der Waals surface area contributed by atoms with E-state index in [-0.39, 0.29) is 6.10 Å². The third-order valence-corrected chi connectivity index (χ3v) is 3.47. The molecule has 1 atom stereocenters. The molecule has 2 aliphatic heterocycles. The number of ether oxygens (including phenoxy) is 2. The molecule has 0 saturated carbocycles. The summed E-state index contributed by atoms with van der Waals surface area (Å²) in [6, 6.07) is 8.63. The maximum absolute atomic E-state index is 5.86. The van der Waals surface area contributed by atoms with Gasteiger partial charge in [-0.1, -0.05) is 18.2 Å². The van der Waals surface area contributed by atoms with Crippen LogP contribution in [0.3, 0.4) is 0 Å². The van der Waals surface area contributed by atoms with Crippen LogP contribution in [0.5, 0.6) is 0 Å². The van der Waals surface area contributed by atoms with E-state index < -0.39 is 5.79 Å². The monoisotopic (exact) mass is 233 g/mol. The summed E-state index contributed by atoms with van der Waals surface area (Å²) in [6.45, 7) is 6.68. The predicted molar refractivity (Wildman–Crippen MR) is 67.3 cm³/mol. The van der Waals surface area contributed by atoms with Gasteiger partial charge in [-0.2, -0.15) is 0 Å². The van der Waals surface area contributed by atoms with Gasteiger partial charge in [-0.05, 0) is 31.9 Å². The number of hydrogen-bond donors (Lipinski definition) is 0. The number of fused-ring (bicyclic) bond motifs is 1. The van der Waals surface area contributed by atoms with Crippen LogP contribution in [0.25, 0.3) is 0 Å². The molecule has 0 aromatic heterocycles. The van der Waals surface area contributed by atoms with Crippen LogP contribution in [-0.4, -0.2) is 31.6 Å². The highest BCUT2D eigenvalue weighted by Gasteiger charge is 2.34. The van der Waals surface area contributed by atoms with Gasteiger partial charge in [0.15, 0.2) is 5.79 Å². The molecule has 0 radical (unpaired) electrons. The molecule has 1 aromatic carbocycles. The highest BCUT2D eigenvalue weighted by molar-refractivity contribution is 5.57. The SMILES string of the molecule is CC1(C)OCC(CN2CCc3ccccc32)O1. The number of para-hydroxylation sites is 1. The van der Waals surface area contributed by atoms with Gasteiger partial charge < -0.3 is 14.4 Å². The van der Waals surface area contributed by atoms with Crippen LogP contribution in [0.1, 0.15) is 19.4 Å². The molecule has 3 rings (SSSR count). The topological polar surface area (TPSA) is 21.7 Å². The Balaban J connectivity index is 1.68. The van der Waals surface area contributed by atoms with E-state index in [0.29, 0.717) is 6.61 Å². The van der Waals surface area contributed by atoms with Crippen molar-refractivity contribution >= 4 is 5.69 Å². The number of anilines is 1. The van der Waals surface area contributed by atoms with Gasteiger partial charge in [-0.25, -0.2) is 0 Å². The first-order valence-electron chi connectivity index (χ1n) is 6.29. The molecule has 92 valence electrons. The number of hydrogen-bond acceptors (Lipinski definition) is 3. The number of benzene rings is 1. The van der Waals surface area contributed by atoms with E-state index in [1.54, 1.807) is 0 Å². The quantitative estimate of drug-likeness (QED) is 0.781. The second kappa shape index (κ2) is 4.00. The fourth-order valence-corrected chi connectivity index (χ4v) is 2.70.